The molecule has 1 N–H and O–H groups in total. The molecule has 0 radical (unpaired) electrons. The largest absolute Gasteiger partial charge is 0.395 e. The summed E-state index contributed by atoms with van der Waals surface area (Å²) < 4.78 is 12.6. The van der Waals surface area contributed by atoms with Crippen LogP contribution in [0.2, 0.25) is 0 Å². The van der Waals surface area contributed by atoms with Gasteiger partial charge in [-0.2, -0.15) is 5.26 Å². The zero-order valence-electron chi connectivity index (χ0n) is 6.37. The van der Waals surface area contributed by atoms with E-state index in [0.717, 1.165) is 0 Å². The number of aliphatic hydroxyl groups is 1. The van der Waals surface area contributed by atoms with E-state index in [1.165, 1.54) is 18.2 Å². The molecule has 3 heteroatoms. The van der Waals surface area contributed by atoms with Gasteiger partial charge in [-0.3, -0.25) is 0 Å². The number of aliphatic hydroxyl groups excluding tert-OH is 1. The summed E-state index contributed by atoms with van der Waals surface area (Å²) >= 11 is 0. The highest BCUT2D eigenvalue weighted by Crippen LogP contribution is 2.14. The van der Waals surface area contributed by atoms with E-state index in [1.807, 2.05) is 6.07 Å². The van der Waals surface area contributed by atoms with Crippen LogP contribution in [0.1, 0.15) is 11.5 Å². The average molecular weight is 165 g/mol. The van der Waals surface area contributed by atoms with E-state index < -0.39 is 5.92 Å². The summed E-state index contributed by atoms with van der Waals surface area (Å²) in [6, 6.07) is 7.57. The van der Waals surface area contributed by atoms with Crippen molar-refractivity contribution in [3.8, 4) is 6.07 Å². The molecule has 0 spiro atoms. The molecule has 0 aliphatic heterocycles. The van der Waals surface area contributed by atoms with Crippen molar-refractivity contribution in [2.24, 2.45) is 0 Å². The van der Waals surface area contributed by atoms with Gasteiger partial charge < -0.3 is 5.11 Å². The molecule has 1 atom stereocenters. The van der Waals surface area contributed by atoms with Gasteiger partial charge in [0, 0.05) is 0 Å². The lowest BCUT2D eigenvalue weighted by Gasteiger charge is -2.04. The Hall–Kier alpha value is -1.40. The van der Waals surface area contributed by atoms with Gasteiger partial charge in [-0.15, -0.1) is 0 Å². The SMILES string of the molecule is N#CC(CO)c1cccc(F)c1. The molecule has 1 rings (SSSR count). The van der Waals surface area contributed by atoms with Crippen molar-refractivity contribution < 1.29 is 9.50 Å². The van der Waals surface area contributed by atoms with Gasteiger partial charge in [-0.1, -0.05) is 12.1 Å². The fourth-order valence-corrected chi connectivity index (χ4v) is 0.944. The Morgan fingerprint density at radius 1 is 1.58 bits per heavy atom. The van der Waals surface area contributed by atoms with Crippen molar-refractivity contribution >= 4 is 0 Å². The first-order valence-electron chi connectivity index (χ1n) is 3.54. The first-order chi connectivity index (χ1) is 5.77. The predicted molar refractivity (Wildman–Crippen MR) is 41.8 cm³/mol. The number of halogens is 1. The topological polar surface area (TPSA) is 44.0 Å². The molecule has 62 valence electrons. The van der Waals surface area contributed by atoms with Crippen LogP contribution in [0.15, 0.2) is 24.3 Å². The van der Waals surface area contributed by atoms with Crippen LogP contribution >= 0.6 is 0 Å². The monoisotopic (exact) mass is 165 g/mol. The molecular formula is C9H8FNO. The van der Waals surface area contributed by atoms with Crippen molar-refractivity contribution in [3.05, 3.63) is 35.6 Å². The Morgan fingerprint density at radius 3 is 2.83 bits per heavy atom. The van der Waals surface area contributed by atoms with Crippen LogP contribution in [0.3, 0.4) is 0 Å². The third-order valence-corrected chi connectivity index (χ3v) is 1.59. The first kappa shape index (κ1) is 8.69. The lowest BCUT2D eigenvalue weighted by atomic mass is 10.0. The third kappa shape index (κ3) is 1.80. The fourth-order valence-electron chi connectivity index (χ4n) is 0.944. The summed E-state index contributed by atoms with van der Waals surface area (Å²) in [6.07, 6.45) is 0. The molecule has 1 aromatic rings. The van der Waals surface area contributed by atoms with E-state index in [1.54, 1.807) is 6.07 Å². The highest BCUT2D eigenvalue weighted by atomic mass is 19.1. The molecule has 0 amide bonds. The molecule has 2 nitrogen and oxygen atoms in total. The second kappa shape index (κ2) is 3.84. The highest BCUT2D eigenvalue weighted by Gasteiger charge is 2.08. The summed E-state index contributed by atoms with van der Waals surface area (Å²) in [6.45, 7) is -0.278. The average Bonchev–Trinajstić information content (AvgIpc) is 2.07. The second-order valence-corrected chi connectivity index (χ2v) is 2.42. The quantitative estimate of drug-likeness (QED) is 0.720. The third-order valence-electron chi connectivity index (χ3n) is 1.59. The summed E-state index contributed by atoms with van der Waals surface area (Å²) in [5.41, 5.74) is 0.514. The van der Waals surface area contributed by atoms with E-state index in [0.29, 0.717) is 5.56 Å². The van der Waals surface area contributed by atoms with Crippen molar-refractivity contribution in [3.63, 3.8) is 0 Å². The Balaban J connectivity index is 2.95. The normalized spacial score (nSPS) is 12.1. The van der Waals surface area contributed by atoms with Gasteiger partial charge in [0.25, 0.3) is 0 Å². The van der Waals surface area contributed by atoms with E-state index in [9.17, 15) is 4.39 Å². The number of benzene rings is 1. The molecule has 1 aromatic carbocycles. The zero-order valence-corrected chi connectivity index (χ0v) is 6.37. The van der Waals surface area contributed by atoms with Crippen molar-refractivity contribution in [2.45, 2.75) is 5.92 Å². The van der Waals surface area contributed by atoms with E-state index in [2.05, 4.69) is 0 Å². The van der Waals surface area contributed by atoms with Crippen molar-refractivity contribution in [2.75, 3.05) is 6.61 Å². The summed E-state index contributed by atoms with van der Waals surface area (Å²) in [4.78, 5) is 0. The van der Waals surface area contributed by atoms with Crippen LogP contribution in [0.5, 0.6) is 0 Å². The molecule has 0 saturated heterocycles. The standard InChI is InChI=1S/C9H8FNO/c10-9-3-1-2-7(4-9)8(5-11)6-12/h1-4,8,12H,6H2. The molecule has 1 unspecified atom stereocenters. The van der Waals surface area contributed by atoms with Crippen LogP contribution in [-0.2, 0) is 0 Å². The number of hydrogen-bond acceptors (Lipinski definition) is 2. The smallest absolute Gasteiger partial charge is 0.123 e. The molecule has 0 fully saturated rings. The van der Waals surface area contributed by atoms with Gasteiger partial charge in [0.2, 0.25) is 0 Å². The maximum absolute atomic E-state index is 12.6. The van der Waals surface area contributed by atoms with Crippen LogP contribution in [-0.4, -0.2) is 11.7 Å². The van der Waals surface area contributed by atoms with Gasteiger partial charge >= 0.3 is 0 Å². The van der Waals surface area contributed by atoms with Crippen LogP contribution in [0.4, 0.5) is 4.39 Å². The number of hydrogen-bond donors (Lipinski definition) is 1. The fraction of sp³-hybridized carbons (Fsp3) is 0.222. The molecule has 0 bridgehead atoms. The molecule has 0 heterocycles. The minimum absolute atomic E-state index is 0.278. The van der Waals surface area contributed by atoms with Gasteiger partial charge in [-0.25, -0.2) is 4.39 Å². The van der Waals surface area contributed by atoms with Crippen molar-refractivity contribution in [1.29, 1.82) is 5.26 Å². The van der Waals surface area contributed by atoms with Crippen LogP contribution in [0.25, 0.3) is 0 Å². The summed E-state index contributed by atoms with van der Waals surface area (Å²) in [7, 11) is 0. The maximum atomic E-state index is 12.6. The molecule has 0 saturated carbocycles. The number of nitriles is 1. The molecule has 0 aliphatic rings. The van der Waals surface area contributed by atoms with E-state index >= 15 is 0 Å². The summed E-state index contributed by atoms with van der Waals surface area (Å²) in [5.74, 6) is -1.01. The van der Waals surface area contributed by atoms with Gasteiger partial charge in [0.15, 0.2) is 0 Å². The minimum atomic E-state index is -0.624. The van der Waals surface area contributed by atoms with Crippen LogP contribution in [0, 0.1) is 17.1 Å². The Kier molecular flexibility index (Phi) is 2.78. The molecular weight excluding hydrogens is 157 g/mol. The molecule has 0 aromatic heterocycles. The van der Waals surface area contributed by atoms with E-state index in [4.69, 9.17) is 10.4 Å². The maximum Gasteiger partial charge on any atom is 0.123 e. The lowest BCUT2D eigenvalue weighted by Crippen LogP contribution is -2.00. The Bertz CT molecular complexity index is 306. The zero-order chi connectivity index (χ0) is 8.97. The van der Waals surface area contributed by atoms with Gasteiger partial charge in [-0.05, 0) is 17.7 Å². The second-order valence-electron chi connectivity index (χ2n) is 2.42. The van der Waals surface area contributed by atoms with Gasteiger partial charge in [0.05, 0.1) is 18.6 Å². The Morgan fingerprint density at radius 2 is 2.33 bits per heavy atom. The first-order valence-corrected chi connectivity index (χ1v) is 3.54. The van der Waals surface area contributed by atoms with Crippen molar-refractivity contribution in [1.82, 2.24) is 0 Å². The molecule has 0 aliphatic carbocycles. The Labute approximate surface area is 69.9 Å². The van der Waals surface area contributed by atoms with Crippen LogP contribution < -0.4 is 0 Å². The number of nitrogens with zero attached hydrogens (tertiary/aromatic N) is 1. The summed E-state index contributed by atoms with van der Waals surface area (Å²) in [5, 5.41) is 17.3. The minimum Gasteiger partial charge on any atom is -0.395 e. The number of rotatable bonds is 2. The molecule has 12 heavy (non-hydrogen) atoms. The lowest BCUT2D eigenvalue weighted by molar-refractivity contribution is 0.285. The van der Waals surface area contributed by atoms with Gasteiger partial charge in [0.1, 0.15) is 5.82 Å². The highest BCUT2D eigenvalue weighted by molar-refractivity contribution is 5.25. The predicted octanol–water partition coefficient (Wildman–Crippen LogP) is 1.43. The van der Waals surface area contributed by atoms with E-state index in [-0.39, 0.29) is 12.4 Å².